The maximum atomic E-state index is 11.5. The van der Waals surface area contributed by atoms with Crippen molar-refractivity contribution in [3.63, 3.8) is 0 Å². The standard InChI is InChI=1S/C9H9NO3S/c10-9-7-4-2-1-3-6(7)5-8(9,11)14(9,12)13/h1-4,11H,5,10H2/t8-,9+/m1/s1. The summed E-state index contributed by atoms with van der Waals surface area (Å²) in [6.45, 7) is 0. The lowest BCUT2D eigenvalue weighted by Gasteiger charge is -2.04. The van der Waals surface area contributed by atoms with Crippen molar-refractivity contribution < 1.29 is 13.5 Å². The van der Waals surface area contributed by atoms with E-state index >= 15 is 0 Å². The highest BCUT2D eigenvalue weighted by Crippen LogP contribution is 2.64. The Morgan fingerprint density at radius 1 is 1.36 bits per heavy atom. The van der Waals surface area contributed by atoms with Crippen LogP contribution in [0.4, 0.5) is 0 Å². The largest absolute Gasteiger partial charge is 0.371 e. The molecule has 2 aliphatic rings. The summed E-state index contributed by atoms with van der Waals surface area (Å²) in [5, 5.41) is 9.86. The Bertz CT molecular complexity index is 539. The van der Waals surface area contributed by atoms with Crippen molar-refractivity contribution in [3.05, 3.63) is 35.4 Å². The second-order valence-electron chi connectivity index (χ2n) is 3.86. The van der Waals surface area contributed by atoms with Crippen LogP contribution in [0.5, 0.6) is 0 Å². The van der Waals surface area contributed by atoms with Crippen LogP contribution in [-0.4, -0.2) is 18.5 Å². The Kier molecular flexibility index (Phi) is 1.13. The third-order valence-corrected chi connectivity index (χ3v) is 5.81. The molecule has 1 fully saturated rings. The van der Waals surface area contributed by atoms with Crippen LogP contribution in [0.15, 0.2) is 24.3 Å². The van der Waals surface area contributed by atoms with Crippen LogP contribution in [-0.2, 0) is 21.1 Å². The van der Waals surface area contributed by atoms with Gasteiger partial charge in [-0.25, -0.2) is 8.42 Å². The van der Waals surface area contributed by atoms with Gasteiger partial charge in [0.1, 0.15) is 0 Å². The van der Waals surface area contributed by atoms with Crippen molar-refractivity contribution in [2.75, 3.05) is 0 Å². The summed E-state index contributed by atoms with van der Waals surface area (Å²) in [5.41, 5.74) is 7.11. The maximum Gasteiger partial charge on any atom is 0.210 e. The predicted octanol–water partition coefficient (Wildman–Crippen LogP) is -0.529. The first-order valence-corrected chi connectivity index (χ1v) is 5.77. The van der Waals surface area contributed by atoms with E-state index in [4.69, 9.17) is 5.73 Å². The molecule has 0 saturated carbocycles. The minimum absolute atomic E-state index is 0.113. The molecule has 3 rings (SSSR count). The molecule has 1 aliphatic carbocycles. The van der Waals surface area contributed by atoms with Crippen LogP contribution in [0.2, 0.25) is 0 Å². The van der Waals surface area contributed by atoms with Crippen LogP contribution >= 0.6 is 0 Å². The van der Waals surface area contributed by atoms with Crippen molar-refractivity contribution in [2.45, 2.75) is 16.2 Å². The molecule has 0 spiro atoms. The predicted molar refractivity (Wildman–Crippen MR) is 49.9 cm³/mol. The van der Waals surface area contributed by atoms with Gasteiger partial charge in [-0.3, -0.25) is 0 Å². The molecule has 14 heavy (non-hydrogen) atoms. The van der Waals surface area contributed by atoms with E-state index in [2.05, 4.69) is 0 Å². The highest BCUT2D eigenvalue weighted by molar-refractivity contribution is 8.01. The molecule has 0 aromatic heterocycles. The van der Waals surface area contributed by atoms with Crippen molar-refractivity contribution in [1.82, 2.24) is 0 Å². The van der Waals surface area contributed by atoms with Crippen LogP contribution in [0.3, 0.4) is 0 Å². The Morgan fingerprint density at radius 2 is 2.00 bits per heavy atom. The molecule has 3 N–H and O–H groups in total. The molecule has 0 radical (unpaired) electrons. The van der Waals surface area contributed by atoms with Crippen molar-refractivity contribution in [1.29, 1.82) is 0 Å². The summed E-state index contributed by atoms with van der Waals surface area (Å²) in [7, 11) is -3.58. The fourth-order valence-electron chi connectivity index (χ4n) is 2.34. The van der Waals surface area contributed by atoms with Gasteiger partial charge in [0.05, 0.1) is 0 Å². The number of hydrogen-bond acceptors (Lipinski definition) is 4. The Hall–Kier alpha value is -0.910. The normalized spacial score (nSPS) is 41.6. The first kappa shape index (κ1) is 8.40. The van der Waals surface area contributed by atoms with Crippen LogP contribution < -0.4 is 5.73 Å². The van der Waals surface area contributed by atoms with Gasteiger partial charge < -0.3 is 10.8 Å². The number of aliphatic hydroxyl groups is 1. The van der Waals surface area contributed by atoms with E-state index in [1.165, 1.54) is 0 Å². The summed E-state index contributed by atoms with van der Waals surface area (Å²) in [4.78, 5) is -3.29. The molecule has 0 bridgehead atoms. The molecule has 0 unspecified atom stereocenters. The lowest BCUT2D eigenvalue weighted by molar-refractivity contribution is 0.149. The van der Waals surface area contributed by atoms with E-state index < -0.39 is 19.6 Å². The minimum atomic E-state index is -3.58. The summed E-state index contributed by atoms with van der Waals surface area (Å²) >= 11 is 0. The molecule has 1 aliphatic heterocycles. The van der Waals surface area contributed by atoms with Gasteiger partial charge in [-0.2, -0.15) is 0 Å². The average Bonchev–Trinajstić information content (AvgIpc) is 2.40. The highest BCUT2D eigenvalue weighted by Gasteiger charge is 2.86. The topological polar surface area (TPSA) is 80.4 Å². The SMILES string of the molecule is N[C@]12c3ccccc3C[C@@]1(O)S2(=O)=O. The zero-order valence-corrected chi connectivity index (χ0v) is 8.08. The molecule has 0 amide bonds. The fraction of sp³-hybridized carbons (Fsp3) is 0.333. The number of sulfone groups is 1. The molecule has 2 atom stereocenters. The zero-order valence-electron chi connectivity index (χ0n) is 7.27. The summed E-state index contributed by atoms with van der Waals surface area (Å²) in [6, 6.07) is 7.00. The van der Waals surface area contributed by atoms with Crippen molar-refractivity contribution >= 4 is 9.84 Å². The summed E-state index contributed by atoms with van der Waals surface area (Å²) < 4.78 is 23.0. The molecule has 1 saturated heterocycles. The maximum absolute atomic E-state index is 11.5. The molecule has 1 aromatic rings. The van der Waals surface area contributed by atoms with E-state index in [0.717, 1.165) is 5.56 Å². The molecule has 1 heterocycles. The smallest absolute Gasteiger partial charge is 0.210 e. The number of fused-ring (bicyclic) bond motifs is 3. The van der Waals surface area contributed by atoms with E-state index in [9.17, 15) is 13.5 Å². The average molecular weight is 211 g/mol. The van der Waals surface area contributed by atoms with Crippen LogP contribution in [0, 0.1) is 0 Å². The lowest BCUT2D eigenvalue weighted by Crippen LogP contribution is -2.28. The second-order valence-corrected chi connectivity index (χ2v) is 6.18. The van der Waals surface area contributed by atoms with Gasteiger partial charge in [-0.15, -0.1) is 0 Å². The number of nitrogens with two attached hydrogens (primary N) is 1. The molecule has 5 heteroatoms. The third kappa shape index (κ3) is 0.531. The number of hydrogen-bond donors (Lipinski definition) is 2. The third-order valence-electron chi connectivity index (χ3n) is 3.25. The van der Waals surface area contributed by atoms with E-state index in [1.807, 2.05) is 6.07 Å². The quantitative estimate of drug-likeness (QED) is 0.565. The summed E-state index contributed by atoms with van der Waals surface area (Å²) in [6.07, 6.45) is 0.113. The van der Waals surface area contributed by atoms with Crippen LogP contribution in [0.1, 0.15) is 11.1 Å². The van der Waals surface area contributed by atoms with Gasteiger partial charge in [0, 0.05) is 6.42 Å². The molecular formula is C9H9NO3S. The number of benzene rings is 1. The van der Waals surface area contributed by atoms with E-state index in [0.29, 0.717) is 5.56 Å². The van der Waals surface area contributed by atoms with Gasteiger partial charge in [0.25, 0.3) is 0 Å². The minimum Gasteiger partial charge on any atom is -0.371 e. The molecule has 1 aromatic carbocycles. The Balaban J connectivity index is 2.36. The summed E-state index contributed by atoms with van der Waals surface area (Å²) in [5.74, 6) is 0. The van der Waals surface area contributed by atoms with E-state index in [1.54, 1.807) is 18.2 Å². The second kappa shape index (κ2) is 1.88. The highest BCUT2D eigenvalue weighted by atomic mass is 32.2. The molecular weight excluding hydrogens is 202 g/mol. The van der Waals surface area contributed by atoms with Gasteiger partial charge in [-0.1, -0.05) is 24.3 Å². The lowest BCUT2D eigenvalue weighted by atomic mass is 10.1. The van der Waals surface area contributed by atoms with Gasteiger partial charge in [0.2, 0.25) is 14.8 Å². The first-order valence-electron chi connectivity index (χ1n) is 4.29. The van der Waals surface area contributed by atoms with Crippen molar-refractivity contribution in [3.8, 4) is 0 Å². The Morgan fingerprint density at radius 3 is 2.71 bits per heavy atom. The van der Waals surface area contributed by atoms with Crippen LogP contribution in [0.25, 0.3) is 0 Å². The Labute approximate surface area is 81.3 Å². The zero-order chi connectivity index (χ0) is 10.2. The van der Waals surface area contributed by atoms with Gasteiger partial charge in [0.15, 0.2) is 4.87 Å². The molecule has 4 nitrogen and oxygen atoms in total. The van der Waals surface area contributed by atoms with Gasteiger partial charge in [-0.05, 0) is 11.1 Å². The monoisotopic (exact) mass is 211 g/mol. The number of rotatable bonds is 0. The fourth-order valence-corrected chi connectivity index (χ4v) is 4.48. The van der Waals surface area contributed by atoms with Crippen molar-refractivity contribution in [2.24, 2.45) is 5.73 Å². The van der Waals surface area contributed by atoms with E-state index in [-0.39, 0.29) is 6.42 Å². The van der Waals surface area contributed by atoms with Gasteiger partial charge >= 0.3 is 0 Å². The molecule has 74 valence electrons. The first-order chi connectivity index (χ1) is 6.45.